The number of carbonyl (C=O) groups excluding carboxylic acids is 2. The van der Waals surface area contributed by atoms with Gasteiger partial charge in [-0.25, -0.2) is 0 Å². The van der Waals surface area contributed by atoms with Gasteiger partial charge in [0.1, 0.15) is 23.4 Å². The summed E-state index contributed by atoms with van der Waals surface area (Å²) in [6, 6.07) is 14.4. The van der Waals surface area contributed by atoms with Crippen molar-refractivity contribution in [2.45, 2.75) is 51.4 Å². The van der Waals surface area contributed by atoms with Crippen molar-refractivity contribution in [3.63, 3.8) is 0 Å². The van der Waals surface area contributed by atoms with Gasteiger partial charge in [0.15, 0.2) is 12.4 Å². The Kier molecular flexibility index (Phi) is 7.59. The minimum atomic E-state index is -0.288. The summed E-state index contributed by atoms with van der Waals surface area (Å²) in [4.78, 5) is 28.2. The fraction of sp³-hybridized carbons (Fsp3) is 0.433. The number of amides is 2. The van der Waals surface area contributed by atoms with Gasteiger partial charge >= 0.3 is 0 Å². The molecule has 210 valence electrons. The molecule has 0 unspecified atom stereocenters. The second kappa shape index (κ2) is 11.6. The standard InChI is InChI=1S/C30H34N4O6/c1-2-22-11-26(40-33-22)14-34-15-27-28(16-34)39-23-7-5-19(6-8-23)13-31-29(35)18-38-25-10-21(30(36)32-27)9-24(12-25)37-17-20-3-4-20/h5-12,20,27-28H,2-4,13-18H2,1H3,(H,31,35)(H,32,36)/t27-,28-/m0/s1. The topological polar surface area (TPSA) is 115 Å². The van der Waals surface area contributed by atoms with Crippen molar-refractivity contribution in [1.82, 2.24) is 20.7 Å². The van der Waals surface area contributed by atoms with Gasteiger partial charge in [0.05, 0.1) is 24.9 Å². The Morgan fingerprint density at radius 2 is 1.90 bits per heavy atom. The van der Waals surface area contributed by atoms with Crippen LogP contribution in [0.2, 0.25) is 0 Å². The average molecular weight is 547 g/mol. The summed E-state index contributed by atoms with van der Waals surface area (Å²) >= 11 is 0. The lowest BCUT2D eigenvalue weighted by atomic mass is 10.1. The van der Waals surface area contributed by atoms with Crippen molar-refractivity contribution in [3.05, 3.63) is 71.1 Å². The van der Waals surface area contributed by atoms with Crippen molar-refractivity contribution < 1.29 is 28.3 Å². The van der Waals surface area contributed by atoms with Crippen molar-refractivity contribution in [3.8, 4) is 17.2 Å². The number of nitrogens with one attached hydrogen (secondary N) is 2. The van der Waals surface area contributed by atoms with Gasteiger partial charge in [0.2, 0.25) is 0 Å². The Morgan fingerprint density at radius 1 is 1.05 bits per heavy atom. The van der Waals surface area contributed by atoms with E-state index in [4.69, 9.17) is 18.7 Å². The highest BCUT2D eigenvalue weighted by atomic mass is 16.5. The van der Waals surface area contributed by atoms with Crippen LogP contribution < -0.4 is 24.8 Å². The van der Waals surface area contributed by atoms with E-state index < -0.39 is 0 Å². The summed E-state index contributed by atoms with van der Waals surface area (Å²) in [7, 11) is 0. The Labute approximate surface area is 232 Å². The fourth-order valence-electron chi connectivity index (χ4n) is 4.94. The molecule has 0 radical (unpaired) electrons. The van der Waals surface area contributed by atoms with Gasteiger partial charge in [-0.15, -0.1) is 0 Å². The molecule has 7 rings (SSSR count). The van der Waals surface area contributed by atoms with Crippen molar-refractivity contribution in [2.75, 3.05) is 26.3 Å². The first kappa shape index (κ1) is 26.2. The summed E-state index contributed by atoms with van der Waals surface area (Å²) < 4.78 is 23.7. The zero-order valence-corrected chi connectivity index (χ0v) is 22.6. The van der Waals surface area contributed by atoms with Gasteiger partial charge in [-0.2, -0.15) is 0 Å². The highest BCUT2D eigenvalue weighted by Gasteiger charge is 2.36. The van der Waals surface area contributed by atoms with Crippen molar-refractivity contribution in [1.29, 1.82) is 0 Å². The smallest absolute Gasteiger partial charge is 0.258 e. The van der Waals surface area contributed by atoms with E-state index in [1.165, 1.54) is 0 Å². The number of hydrogen-bond acceptors (Lipinski definition) is 8. The number of nitrogens with zero attached hydrogens (tertiary/aromatic N) is 2. The molecule has 4 heterocycles. The van der Waals surface area contributed by atoms with Crippen LogP contribution in [0.1, 0.15) is 47.1 Å². The Balaban J connectivity index is 1.26. The third-order valence-electron chi connectivity index (χ3n) is 7.40. The van der Waals surface area contributed by atoms with Crippen LogP contribution in [-0.4, -0.2) is 60.3 Å². The van der Waals surface area contributed by atoms with E-state index >= 15 is 0 Å². The van der Waals surface area contributed by atoms with Crippen LogP contribution in [0.3, 0.4) is 0 Å². The molecule has 4 aliphatic rings. The number of rotatable bonds is 6. The van der Waals surface area contributed by atoms with Gasteiger partial charge in [-0.05, 0) is 55.0 Å². The molecule has 10 heteroatoms. The lowest BCUT2D eigenvalue weighted by molar-refractivity contribution is -0.123. The molecule has 1 saturated carbocycles. The highest BCUT2D eigenvalue weighted by Crippen LogP contribution is 2.31. The van der Waals surface area contributed by atoms with Crippen LogP contribution in [0.15, 0.2) is 53.1 Å². The average Bonchev–Trinajstić information content (AvgIpc) is 3.57. The molecule has 1 aromatic heterocycles. The van der Waals surface area contributed by atoms with E-state index in [1.54, 1.807) is 18.2 Å². The first-order valence-corrected chi connectivity index (χ1v) is 13.9. The zero-order chi connectivity index (χ0) is 27.5. The number of hydrogen-bond donors (Lipinski definition) is 2. The van der Waals surface area contributed by atoms with Crippen molar-refractivity contribution >= 4 is 11.8 Å². The van der Waals surface area contributed by atoms with Gasteiger partial charge in [0, 0.05) is 37.3 Å². The Bertz CT molecular complexity index is 1350. The number of benzene rings is 2. The molecule has 4 bridgehead atoms. The molecule has 1 saturated heterocycles. The summed E-state index contributed by atoms with van der Waals surface area (Å²) in [6.45, 7) is 4.58. The van der Waals surface area contributed by atoms with Crippen molar-refractivity contribution in [2.24, 2.45) is 5.92 Å². The Hall–Kier alpha value is -4.05. The normalized spacial score (nSPS) is 21.5. The minimum Gasteiger partial charge on any atom is -0.493 e. The highest BCUT2D eigenvalue weighted by molar-refractivity contribution is 5.95. The molecule has 2 fully saturated rings. The second-order valence-corrected chi connectivity index (χ2v) is 10.7. The lowest BCUT2D eigenvalue weighted by Gasteiger charge is -2.22. The number of aromatic nitrogens is 1. The van der Waals surface area contributed by atoms with Gasteiger partial charge in [0.25, 0.3) is 11.8 Å². The summed E-state index contributed by atoms with van der Waals surface area (Å²) in [5.41, 5.74) is 2.26. The van der Waals surface area contributed by atoms with Crippen LogP contribution in [0, 0.1) is 5.92 Å². The van der Waals surface area contributed by atoms with E-state index in [1.807, 2.05) is 37.3 Å². The van der Waals surface area contributed by atoms with Crippen LogP contribution in [0.4, 0.5) is 0 Å². The third-order valence-corrected chi connectivity index (χ3v) is 7.40. The number of carbonyl (C=O) groups is 2. The van der Waals surface area contributed by atoms with Crippen LogP contribution in [0.25, 0.3) is 0 Å². The predicted molar refractivity (Wildman–Crippen MR) is 145 cm³/mol. The van der Waals surface area contributed by atoms with Crippen LogP contribution in [-0.2, 0) is 24.3 Å². The number of fused-ring (bicyclic) bond motifs is 7. The maximum atomic E-state index is 13.6. The monoisotopic (exact) mass is 546 g/mol. The van der Waals surface area contributed by atoms with Gasteiger partial charge < -0.3 is 29.4 Å². The van der Waals surface area contributed by atoms with E-state index in [0.717, 1.165) is 36.3 Å². The molecular formula is C30H34N4O6. The van der Waals surface area contributed by atoms with Crippen LogP contribution >= 0.6 is 0 Å². The maximum absolute atomic E-state index is 13.6. The minimum absolute atomic E-state index is 0.171. The number of aryl methyl sites for hydroxylation is 1. The molecule has 0 spiro atoms. The van der Waals surface area contributed by atoms with E-state index in [0.29, 0.717) is 61.5 Å². The van der Waals surface area contributed by atoms with Gasteiger partial charge in [-0.3, -0.25) is 14.5 Å². The quantitative estimate of drug-likeness (QED) is 0.485. The number of ether oxygens (including phenoxy) is 3. The molecular weight excluding hydrogens is 512 g/mol. The molecule has 3 aliphatic heterocycles. The Morgan fingerprint density at radius 3 is 2.67 bits per heavy atom. The first-order valence-electron chi connectivity index (χ1n) is 13.9. The lowest BCUT2D eigenvalue weighted by Crippen LogP contribution is -2.45. The van der Waals surface area contributed by atoms with E-state index in [-0.39, 0.29) is 30.6 Å². The third kappa shape index (κ3) is 6.56. The van der Waals surface area contributed by atoms with Crippen LogP contribution in [0.5, 0.6) is 17.2 Å². The molecule has 3 aromatic rings. The van der Waals surface area contributed by atoms with E-state index in [2.05, 4.69) is 20.7 Å². The molecule has 2 N–H and O–H groups in total. The molecule has 2 amide bonds. The largest absolute Gasteiger partial charge is 0.493 e. The zero-order valence-electron chi connectivity index (χ0n) is 22.6. The maximum Gasteiger partial charge on any atom is 0.258 e. The SMILES string of the molecule is CCc1cc(CN2C[C@@H]3NC(=O)c4cc(cc(OCC5CC5)c4)OCC(=O)NCc4ccc(cc4)O[C@H]3C2)on1. The molecule has 10 nitrogen and oxygen atoms in total. The summed E-state index contributed by atoms with van der Waals surface area (Å²) in [6.07, 6.45) is 2.82. The second-order valence-electron chi connectivity index (χ2n) is 10.7. The summed E-state index contributed by atoms with van der Waals surface area (Å²) in [5.74, 6) is 2.45. The molecule has 1 aliphatic carbocycles. The fourth-order valence-corrected chi connectivity index (χ4v) is 4.94. The summed E-state index contributed by atoms with van der Waals surface area (Å²) in [5, 5.41) is 10.2. The molecule has 40 heavy (non-hydrogen) atoms. The molecule has 2 atom stereocenters. The first-order chi connectivity index (χ1) is 19.5. The van der Waals surface area contributed by atoms with Gasteiger partial charge in [-0.1, -0.05) is 24.2 Å². The number of likely N-dealkylation sites (tertiary alicyclic amines) is 1. The van der Waals surface area contributed by atoms with E-state index in [9.17, 15) is 9.59 Å². The molecule has 2 aromatic carbocycles. The predicted octanol–water partition coefficient (Wildman–Crippen LogP) is 3.10.